The van der Waals surface area contributed by atoms with Crippen LogP contribution in [0.15, 0.2) is 29.6 Å². The lowest BCUT2D eigenvalue weighted by atomic mass is 10.1. The van der Waals surface area contributed by atoms with Crippen LogP contribution in [0.3, 0.4) is 0 Å². The number of nitrogens with zero attached hydrogens (tertiary/aromatic N) is 1. The molecule has 1 aromatic heterocycles. The summed E-state index contributed by atoms with van der Waals surface area (Å²) in [5.41, 5.74) is 9.55. The third-order valence-corrected chi connectivity index (χ3v) is 3.35. The van der Waals surface area contributed by atoms with Crippen molar-refractivity contribution in [3.63, 3.8) is 0 Å². The van der Waals surface area contributed by atoms with Gasteiger partial charge in [-0.05, 0) is 19.4 Å². The fourth-order valence-electron chi connectivity index (χ4n) is 1.52. The van der Waals surface area contributed by atoms with E-state index in [4.69, 9.17) is 5.73 Å². The van der Waals surface area contributed by atoms with Crippen LogP contribution in [0.4, 0.5) is 0 Å². The topological polar surface area (TPSA) is 38.9 Å². The highest BCUT2D eigenvalue weighted by Gasteiger charge is 2.11. The van der Waals surface area contributed by atoms with E-state index in [-0.39, 0.29) is 6.04 Å². The Hall–Kier alpha value is -1.19. The van der Waals surface area contributed by atoms with Crippen molar-refractivity contribution in [3.05, 3.63) is 51.5 Å². The Morgan fingerprint density at radius 3 is 2.73 bits per heavy atom. The Balaban J connectivity index is 2.32. The third kappa shape index (κ3) is 2.25. The van der Waals surface area contributed by atoms with Gasteiger partial charge in [0.05, 0.1) is 6.04 Å². The van der Waals surface area contributed by atoms with Gasteiger partial charge in [0.2, 0.25) is 0 Å². The highest BCUT2D eigenvalue weighted by molar-refractivity contribution is 7.09. The van der Waals surface area contributed by atoms with E-state index in [0.29, 0.717) is 0 Å². The zero-order chi connectivity index (χ0) is 10.8. The van der Waals surface area contributed by atoms with E-state index < -0.39 is 0 Å². The number of nitrogens with two attached hydrogens (primary N) is 1. The Bertz CT molecular complexity index is 462. The lowest BCUT2D eigenvalue weighted by molar-refractivity contribution is 0.851. The van der Waals surface area contributed by atoms with Crippen LogP contribution in [0.2, 0.25) is 0 Å². The molecule has 0 aliphatic heterocycles. The summed E-state index contributed by atoms with van der Waals surface area (Å²) in [6.45, 7) is 4.06. The SMILES string of the molecule is Cc1cccc(C(N)c2nc(C)cs2)c1. The molecule has 0 bridgehead atoms. The van der Waals surface area contributed by atoms with Crippen molar-refractivity contribution in [1.82, 2.24) is 4.98 Å². The molecule has 0 spiro atoms. The normalized spacial score (nSPS) is 12.7. The van der Waals surface area contributed by atoms with Crippen LogP contribution in [0, 0.1) is 13.8 Å². The van der Waals surface area contributed by atoms with E-state index in [1.807, 2.05) is 18.4 Å². The van der Waals surface area contributed by atoms with Gasteiger partial charge in [-0.2, -0.15) is 0 Å². The van der Waals surface area contributed by atoms with Crippen LogP contribution in [0.5, 0.6) is 0 Å². The molecule has 1 aromatic carbocycles. The van der Waals surface area contributed by atoms with Gasteiger partial charge in [-0.15, -0.1) is 11.3 Å². The van der Waals surface area contributed by atoms with E-state index in [0.717, 1.165) is 16.3 Å². The quantitative estimate of drug-likeness (QED) is 0.841. The Morgan fingerprint density at radius 2 is 2.13 bits per heavy atom. The molecule has 0 amide bonds. The first-order valence-electron chi connectivity index (χ1n) is 4.91. The second-order valence-electron chi connectivity index (χ2n) is 3.72. The third-order valence-electron chi connectivity index (χ3n) is 2.30. The van der Waals surface area contributed by atoms with Crippen molar-refractivity contribution in [2.45, 2.75) is 19.9 Å². The van der Waals surface area contributed by atoms with Crippen LogP contribution in [0.1, 0.15) is 27.9 Å². The molecule has 1 heterocycles. The van der Waals surface area contributed by atoms with Crippen LogP contribution in [-0.2, 0) is 0 Å². The molecule has 0 radical (unpaired) electrons. The summed E-state index contributed by atoms with van der Waals surface area (Å²) in [5, 5.41) is 3.02. The van der Waals surface area contributed by atoms with Gasteiger partial charge < -0.3 is 5.73 Å². The molecule has 0 saturated carbocycles. The fourth-order valence-corrected chi connectivity index (χ4v) is 2.34. The molecule has 3 heteroatoms. The zero-order valence-electron chi connectivity index (χ0n) is 8.90. The molecule has 1 unspecified atom stereocenters. The van der Waals surface area contributed by atoms with Gasteiger partial charge in [0, 0.05) is 11.1 Å². The highest BCUT2D eigenvalue weighted by atomic mass is 32.1. The Kier molecular flexibility index (Phi) is 2.84. The van der Waals surface area contributed by atoms with Crippen molar-refractivity contribution in [3.8, 4) is 0 Å². The van der Waals surface area contributed by atoms with Gasteiger partial charge in [0.15, 0.2) is 0 Å². The van der Waals surface area contributed by atoms with Gasteiger partial charge >= 0.3 is 0 Å². The molecular weight excluding hydrogens is 204 g/mol. The van der Waals surface area contributed by atoms with Crippen LogP contribution >= 0.6 is 11.3 Å². The average Bonchev–Trinajstić information content (AvgIpc) is 2.64. The minimum absolute atomic E-state index is 0.0939. The first kappa shape index (κ1) is 10.3. The smallest absolute Gasteiger partial charge is 0.114 e. The molecule has 0 saturated heterocycles. The predicted octanol–water partition coefficient (Wildman–Crippen LogP) is 2.81. The van der Waals surface area contributed by atoms with Crippen molar-refractivity contribution < 1.29 is 0 Å². The lowest BCUT2D eigenvalue weighted by Crippen LogP contribution is -2.11. The van der Waals surface area contributed by atoms with Crippen molar-refractivity contribution in [2.24, 2.45) is 5.73 Å². The summed E-state index contributed by atoms with van der Waals surface area (Å²) in [5.74, 6) is 0. The van der Waals surface area contributed by atoms with E-state index >= 15 is 0 Å². The number of benzene rings is 1. The maximum atomic E-state index is 6.15. The second-order valence-corrected chi connectivity index (χ2v) is 4.61. The van der Waals surface area contributed by atoms with Gasteiger partial charge in [-0.25, -0.2) is 4.98 Å². The summed E-state index contributed by atoms with van der Waals surface area (Å²) in [4.78, 5) is 4.41. The summed E-state index contributed by atoms with van der Waals surface area (Å²) in [6.07, 6.45) is 0. The molecule has 2 aromatic rings. The summed E-state index contributed by atoms with van der Waals surface area (Å²) >= 11 is 1.62. The molecule has 0 aliphatic carbocycles. The highest BCUT2D eigenvalue weighted by Crippen LogP contribution is 2.23. The first-order valence-corrected chi connectivity index (χ1v) is 5.79. The van der Waals surface area contributed by atoms with Crippen molar-refractivity contribution in [2.75, 3.05) is 0 Å². The van der Waals surface area contributed by atoms with Crippen LogP contribution in [-0.4, -0.2) is 4.98 Å². The molecule has 0 fully saturated rings. The zero-order valence-corrected chi connectivity index (χ0v) is 9.71. The molecule has 15 heavy (non-hydrogen) atoms. The Labute approximate surface area is 93.8 Å². The second kappa shape index (κ2) is 4.13. The molecule has 2 rings (SSSR count). The van der Waals surface area contributed by atoms with Crippen LogP contribution in [0.25, 0.3) is 0 Å². The largest absolute Gasteiger partial charge is 0.318 e. The number of aryl methyl sites for hydroxylation is 2. The minimum Gasteiger partial charge on any atom is -0.318 e. The monoisotopic (exact) mass is 218 g/mol. The summed E-state index contributed by atoms with van der Waals surface area (Å²) < 4.78 is 0. The van der Waals surface area contributed by atoms with E-state index in [1.165, 1.54) is 5.56 Å². The number of rotatable bonds is 2. The summed E-state index contributed by atoms with van der Waals surface area (Å²) in [7, 11) is 0. The lowest BCUT2D eigenvalue weighted by Gasteiger charge is -2.09. The molecule has 1 atom stereocenters. The molecule has 2 nitrogen and oxygen atoms in total. The van der Waals surface area contributed by atoms with Gasteiger partial charge in [-0.3, -0.25) is 0 Å². The number of hydrogen-bond donors (Lipinski definition) is 1. The van der Waals surface area contributed by atoms with E-state index in [9.17, 15) is 0 Å². The minimum atomic E-state index is -0.0939. The molecule has 0 aliphatic rings. The van der Waals surface area contributed by atoms with Gasteiger partial charge in [0.25, 0.3) is 0 Å². The van der Waals surface area contributed by atoms with Gasteiger partial charge in [0.1, 0.15) is 5.01 Å². The average molecular weight is 218 g/mol. The maximum Gasteiger partial charge on any atom is 0.114 e. The predicted molar refractivity (Wildman–Crippen MR) is 64.1 cm³/mol. The van der Waals surface area contributed by atoms with Crippen LogP contribution < -0.4 is 5.73 Å². The van der Waals surface area contributed by atoms with E-state index in [2.05, 4.69) is 30.1 Å². The van der Waals surface area contributed by atoms with E-state index in [1.54, 1.807) is 11.3 Å². The summed E-state index contributed by atoms with van der Waals surface area (Å²) in [6, 6.07) is 8.17. The van der Waals surface area contributed by atoms with Crippen molar-refractivity contribution in [1.29, 1.82) is 0 Å². The van der Waals surface area contributed by atoms with Crippen molar-refractivity contribution >= 4 is 11.3 Å². The Morgan fingerprint density at radius 1 is 1.33 bits per heavy atom. The number of thiazole rings is 1. The fraction of sp³-hybridized carbons (Fsp3) is 0.250. The molecular formula is C12H14N2S. The van der Waals surface area contributed by atoms with Gasteiger partial charge in [-0.1, -0.05) is 29.8 Å². The molecule has 2 N–H and O–H groups in total. The standard InChI is InChI=1S/C12H14N2S/c1-8-4-3-5-10(6-8)11(13)12-14-9(2)7-15-12/h3-7,11H,13H2,1-2H3. The number of hydrogen-bond acceptors (Lipinski definition) is 3. The molecule has 78 valence electrons. The first-order chi connectivity index (χ1) is 7.16. The maximum absolute atomic E-state index is 6.15. The number of aromatic nitrogens is 1.